The van der Waals surface area contributed by atoms with Crippen LogP contribution in [-0.2, 0) is 20.7 Å². The minimum absolute atomic E-state index is 0.0100. The number of hydrogen-bond donors (Lipinski definition) is 2. The van der Waals surface area contributed by atoms with Gasteiger partial charge in [-0.2, -0.15) is 0 Å². The largest absolute Gasteiger partial charge is 0.469 e. The van der Waals surface area contributed by atoms with E-state index in [-0.39, 0.29) is 11.9 Å². The molecule has 1 fully saturated rings. The lowest BCUT2D eigenvalue weighted by molar-refractivity contribution is -0.140. The second-order valence-corrected chi connectivity index (χ2v) is 6.44. The van der Waals surface area contributed by atoms with Gasteiger partial charge in [-0.05, 0) is 38.3 Å². The summed E-state index contributed by atoms with van der Waals surface area (Å²) in [7, 11) is 1.38. The van der Waals surface area contributed by atoms with E-state index in [2.05, 4.69) is 25.6 Å². The molecular weight excluding hydrogens is 304 g/mol. The molecule has 1 aromatic rings. The third-order valence-electron chi connectivity index (χ3n) is 3.65. The Morgan fingerprint density at radius 1 is 1.41 bits per heavy atom. The number of amides is 1. The van der Waals surface area contributed by atoms with E-state index in [1.165, 1.54) is 18.4 Å². The van der Waals surface area contributed by atoms with Gasteiger partial charge in [0.2, 0.25) is 11.0 Å². The molecule has 0 spiro atoms. The number of methoxy groups -OCH3 is 1. The van der Waals surface area contributed by atoms with Crippen molar-refractivity contribution in [3.05, 3.63) is 5.01 Å². The topological polar surface area (TPSA) is 93.2 Å². The second-order valence-electron chi connectivity index (χ2n) is 5.38. The molecule has 1 aromatic heterocycles. The van der Waals surface area contributed by atoms with Crippen LogP contribution in [0.2, 0.25) is 0 Å². The van der Waals surface area contributed by atoms with Crippen LogP contribution in [0, 0.1) is 5.92 Å². The minimum Gasteiger partial charge on any atom is -0.469 e. The number of aromatic nitrogens is 2. The molecule has 22 heavy (non-hydrogen) atoms. The quantitative estimate of drug-likeness (QED) is 0.701. The molecule has 122 valence electrons. The number of aryl methyl sites for hydroxylation is 1. The van der Waals surface area contributed by atoms with Gasteiger partial charge >= 0.3 is 5.97 Å². The van der Waals surface area contributed by atoms with Crippen LogP contribution in [0.1, 0.15) is 37.1 Å². The van der Waals surface area contributed by atoms with Gasteiger partial charge in [-0.15, -0.1) is 10.2 Å². The average molecular weight is 326 g/mol. The molecule has 8 heteroatoms. The summed E-state index contributed by atoms with van der Waals surface area (Å²) in [6.07, 6.45) is 4.27. The summed E-state index contributed by atoms with van der Waals surface area (Å²) in [5.41, 5.74) is 0. The smallest absolute Gasteiger partial charge is 0.305 e. The van der Waals surface area contributed by atoms with Crippen molar-refractivity contribution >= 4 is 28.3 Å². The van der Waals surface area contributed by atoms with E-state index in [0.717, 1.165) is 30.9 Å². The summed E-state index contributed by atoms with van der Waals surface area (Å²) in [5, 5.41) is 15.4. The molecule has 0 aliphatic carbocycles. The van der Waals surface area contributed by atoms with E-state index in [1.807, 2.05) is 0 Å². The first-order valence-corrected chi connectivity index (χ1v) is 8.39. The summed E-state index contributed by atoms with van der Waals surface area (Å²) in [4.78, 5) is 22.9. The first kappa shape index (κ1) is 16.8. The summed E-state index contributed by atoms with van der Waals surface area (Å²) < 4.78 is 4.58. The molecule has 1 unspecified atom stereocenters. The van der Waals surface area contributed by atoms with Crippen LogP contribution in [0.5, 0.6) is 0 Å². The van der Waals surface area contributed by atoms with Crippen molar-refractivity contribution in [3.8, 4) is 0 Å². The summed E-state index contributed by atoms with van der Waals surface area (Å²) >= 11 is 1.36. The Bertz CT molecular complexity index is 500. The fourth-order valence-corrected chi connectivity index (χ4v) is 3.17. The maximum Gasteiger partial charge on any atom is 0.305 e. The van der Waals surface area contributed by atoms with Crippen molar-refractivity contribution < 1.29 is 14.3 Å². The van der Waals surface area contributed by atoms with Gasteiger partial charge in [0, 0.05) is 19.3 Å². The van der Waals surface area contributed by atoms with Crippen LogP contribution < -0.4 is 10.6 Å². The normalized spacial score (nSPS) is 17.4. The van der Waals surface area contributed by atoms with E-state index in [9.17, 15) is 9.59 Å². The van der Waals surface area contributed by atoms with Gasteiger partial charge in [-0.3, -0.25) is 9.59 Å². The summed E-state index contributed by atoms with van der Waals surface area (Å²) in [5.74, 6) is 0.373. The van der Waals surface area contributed by atoms with Crippen molar-refractivity contribution in [2.75, 3.05) is 25.5 Å². The lowest BCUT2D eigenvalue weighted by Gasteiger charge is -2.06. The molecule has 1 aliphatic heterocycles. The van der Waals surface area contributed by atoms with Gasteiger partial charge in [0.05, 0.1) is 7.11 Å². The highest BCUT2D eigenvalue weighted by Crippen LogP contribution is 2.19. The van der Waals surface area contributed by atoms with E-state index >= 15 is 0 Å². The first-order valence-electron chi connectivity index (χ1n) is 7.57. The number of carbonyl (C=O) groups is 2. The number of carbonyl (C=O) groups excluding carboxylic acids is 2. The molecule has 0 aromatic carbocycles. The van der Waals surface area contributed by atoms with Crippen LogP contribution in [-0.4, -0.2) is 42.3 Å². The highest BCUT2D eigenvalue weighted by Gasteiger charge is 2.16. The Kier molecular flexibility index (Phi) is 6.73. The maximum atomic E-state index is 11.9. The van der Waals surface area contributed by atoms with Crippen LogP contribution in [0.4, 0.5) is 5.13 Å². The molecule has 2 N–H and O–H groups in total. The number of anilines is 1. The van der Waals surface area contributed by atoms with Gasteiger partial charge in [-0.1, -0.05) is 11.3 Å². The van der Waals surface area contributed by atoms with Crippen molar-refractivity contribution in [1.82, 2.24) is 15.5 Å². The third kappa shape index (κ3) is 5.69. The highest BCUT2D eigenvalue weighted by molar-refractivity contribution is 7.15. The van der Waals surface area contributed by atoms with Crippen molar-refractivity contribution in [2.45, 2.75) is 38.5 Å². The molecule has 2 rings (SSSR count). The van der Waals surface area contributed by atoms with Crippen molar-refractivity contribution in [3.63, 3.8) is 0 Å². The minimum atomic E-state index is -0.223. The molecule has 0 saturated carbocycles. The second kappa shape index (κ2) is 8.79. The fourth-order valence-electron chi connectivity index (χ4n) is 2.37. The number of hydrogen-bond acceptors (Lipinski definition) is 7. The molecule has 0 radical (unpaired) electrons. The van der Waals surface area contributed by atoms with Gasteiger partial charge < -0.3 is 15.4 Å². The van der Waals surface area contributed by atoms with Gasteiger partial charge in [0.25, 0.3) is 0 Å². The number of ether oxygens (including phenoxy) is 1. The summed E-state index contributed by atoms with van der Waals surface area (Å²) in [6.45, 7) is 2.06. The number of rotatable bonds is 8. The fraction of sp³-hybridized carbons (Fsp3) is 0.714. The molecule has 7 nitrogen and oxygen atoms in total. The van der Waals surface area contributed by atoms with Crippen LogP contribution in [0.25, 0.3) is 0 Å². The third-order valence-corrected chi connectivity index (χ3v) is 4.55. The SMILES string of the molecule is COC(=O)CCCc1nnc(NC(=O)CCC2CCNC2)s1. The lowest BCUT2D eigenvalue weighted by atomic mass is 10.0. The number of nitrogens with zero attached hydrogens (tertiary/aromatic N) is 2. The predicted octanol–water partition coefficient (Wildman–Crippen LogP) is 1.36. The predicted molar refractivity (Wildman–Crippen MR) is 83.7 cm³/mol. The molecule has 0 bridgehead atoms. The van der Waals surface area contributed by atoms with Crippen molar-refractivity contribution in [2.24, 2.45) is 5.92 Å². The zero-order valence-corrected chi connectivity index (χ0v) is 13.6. The van der Waals surface area contributed by atoms with Crippen molar-refractivity contribution in [1.29, 1.82) is 0 Å². The van der Waals surface area contributed by atoms with E-state index < -0.39 is 0 Å². The van der Waals surface area contributed by atoms with Gasteiger partial charge in [0.15, 0.2) is 0 Å². The zero-order chi connectivity index (χ0) is 15.8. The number of esters is 1. The van der Waals surface area contributed by atoms with E-state index in [4.69, 9.17) is 0 Å². The Hall–Kier alpha value is -1.54. The Morgan fingerprint density at radius 2 is 2.27 bits per heavy atom. The first-order chi connectivity index (χ1) is 10.7. The Morgan fingerprint density at radius 3 is 3.00 bits per heavy atom. The van der Waals surface area contributed by atoms with Gasteiger partial charge in [0.1, 0.15) is 5.01 Å². The molecule has 1 amide bonds. The molecule has 2 heterocycles. The lowest BCUT2D eigenvalue weighted by Crippen LogP contribution is -2.14. The van der Waals surface area contributed by atoms with Gasteiger partial charge in [-0.25, -0.2) is 0 Å². The highest BCUT2D eigenvalue weighted by atomic mass is 32.1. The molecule has 1 aliphatic rings. The molecule has 1 saturated heterocycles. The molecule has 1 atom stereocenters. The van der Waals surface area contributed by atoms with E-state index in [1.54, 1.807) is 0 Å². The Balaban J connectivity index is 1.67. The monoisotopic (exact) mass is 326 g/mol. The van der Waals surface area contributed by atoms with E-state index in [0.29, 0.717) is 36.7 Å². The summed E-state index contributed by atoms with van der Waals surface area (Å²) in [6, 6.07) is 0. The zero-order valence-electron chi connectivity index (χ0n) is 12.8. The standard InChI is InChI=1S/C14H22N4O3S/c1-21-13(20)4-2-3-12-17-18-14(22-12)16-11(19)6-5-10-7-8-15-9-10/h10,15H,2-9H2,1H3,(H,16,18,19). The maximum absolute atomic E-state index is 11.9. The average Bonchev–Trinajstić information content (AvgIpc) is 3.17. The molecular formula is C14H22N4O3S. The van der Waals surface area contributed by atoms with Crippen LogP contribution in [0.3, 0.4) is 0 Å². The number of nitrogens with one attached hydrogen (secondary N) is 2. The van der Waals surface area contributed by atoms with Crippen LogP contribution in [0.15, 0.2) is 0 Å². The van der Waals surface area contributed by atoms with Crippen LogP contribution >= 0.6 is 11.3 Å². The Labute approximate surface area is 133 Å².